The van der Waals surface area contributed by atoms with Gasteiger partial charge >= 0.3 is 0 Å². The van der Waals surface area contributed by atoms with Gasteiger partial charge in [0.1, 0.15) is 0 Å². The lowest BCUT2D eigenvalue weighted by Gasteiger charge is -2.03. The average Bonchev–Trinajstić information content (AvgIpc) is 2.30. The molecule has 0 radical (unpaired) electrons. The molecule has 1 heterocycles. The number of hydrogen-bond donors (Lipinski definition) is 1. The first-order valence-electron chi connectivity index (χ1n) is 5.03. The maximum absolute atomic E-state index is 11.0. The number of rotatable bonds is 3. The zero-order valence-corrected chi connectivity index (χ0v) is 8.76. The normalized spacial score (nSPS) is 10.0. The molecule has 0 aliphatic carbocycles. The molecule has 2 rings (SSSR count). The fourth-order valence-corrected chi connectivity index (χ4v) is 1.57. The molecule has 3 nitrogen and oxygen atoms in total. The van der Waals surface area contributed by atoms with Gasteiger partial charge in [-0.2, -0.15) is 0 Å². The van der Waals surface area contributed by atoms with Crippen LogP contribution in [-0.4, -0.2) is 10.9 Å². The van der Waals surface area contributed by atoms with E-state index >= 15 is 0 Å². The Morgan fingerprint density at radius 1 is 1.12 bits per heavy atom. The Labute approximate surface area is 93.9 Å². The number of primary amides is 1. The first kappa shape index (κ1) is 10.4. The minimum atomic E-state index is -0.392. The number of carbonyl (C=O) groups excluding carboxylic acids is 1. The number of nitrogens with zero attached hydrogens (tertiary/aromatic N) is 1. The van der Waals surface area contributed by atoms with E-state index in [1.54, 1.807) is 18.5 Å². The summed E-state index contributed by atoms with van der Waals surface area (Å²) in [6.07, 6.45) is 4.30. The van der Waals surface area contributed by atoms with Gasteiger partial charge in [0.25, 0.3) is 0 Å². The lowest BCUT2D eigenvalue weighted by Crippen LogP contribution is -2.11. The van der Waals surface area contributed by atoms with Crippen molar-refractivity contribution >= 4 is 5.91 Å². The summed E-state index contributed by atoms with van der Waals surface area (Å²) in [5.41, 5.74) is 8.01. The Kier molecular flexibility index (Phi) is 2.96. The predicted molar refractivity (Wildman–Crippen MR) is 62.0 cm³/mol. The maximum atomic E-state index is 11.0. The number of aromatic nitrogens is 1. The molecule has 0 unspecified atom stereocenters. The maximum Gasteiger partial charge on any atom is 0.248 e. The van der Waals surface area contributed by atoms with Crippen molar-refractivity contribution in [3.8, 4) is 0 Å². The summed E-state index contributed by atoms with van der Waals surface area (Å²) in [6.45, 7) is 0. The second-order valence-electron chi connectivity index (χ2n) is 3.60. The van der Waals surface area contributed by atoms with E-state index in [2.05, 4.69) is 4.98 Å². The number of pyridine rings is 1. The monoisotopic (exact) mass is 212 g/mol. The van der Waals surface area contributed by atoms with Crippen molar-refractivity contribution in [2.75, 3.05) is 0 Å². The third-order valence-electron chi connectivity index (χ3n) is 2.37. The van der Waals surface area contributed by atoms with Gasteiger partial charge in [0.05, 0.1) is 0 Å². The van der Waals surface area contributed by atoms with Crippen molar-refractivity contribution < 1.29 is 4.79 Å². The molecule has 1 amide bonds. The second kappa shape index (κ2) is 4.57. The van der Waals surface area contributed by atoms with E-state index < -0.39 is 5.91 Å². The molecule has 80 valence electrons. The molecule has 0 spiro atoms. The first-order valence-corrected chi connectivity index (χ1v) is 5.03. The van der Waals surface area contributed by atoms with E-state index in [0.29, 0.717) is 5.56 Å². The molecule has 0 fully saturated rings. The number of nitrogens with two attached hydrogens (primary N) is 1. The van der Waals surface area contributed by atoms with Crippen LogP contribution >= 0.6 is 0 Å². The zero-order chi connectivity index (χ0) is 11.4. The molecule has 0 bridgehead atoms. The van der Waals surface area contributed by atoms with E-state index in [0.717, 1.165) is 17.5 Å². The van der Waals surface area contributed by atoms with Crippen LogP contribution in [0.3, 0.4) is 0 Å². The summed E-state index contributed by atoms with van der Waals surface area (Å²) in [5, 5.41) is 0. The molecule has 2 N–H and O–H groups in total. The average molecular weight is 212 g/mol. The SMILES string of the molecule is NC(=O)c1cccc(Cc2ccncc2)c1. The third kappa shape index (κ3) is 2.45. The van der Waals surface area contributed by atoms with Crippen molar-refractivity contribution in [1.82, 2.24) is 4.98 Å². The van der Waals surface area contributed by atoms with Gasteiger partial charge in [-0.1, -0.05) is 12.1 Å². The molecule has 1 aromatic carbocycles. The summed E-state index contributed by atoms with van der Waals surface area (Å²) in [7, 11) is 0. The summed E-state index contributed by atoms with van der Waals surface area (Å²) in [6, 6.07) is 11.3. The van der Waals surface area contributed by atoms with Gasteiger partial charge < -0.3 is 5.73 Å². The van der Waals surface area contributed by atoms with Crippen LogP contribution in [0.15, 0.2) is 48.8 Å². The van der Waals surface area contributed by atoms with Gasteiger partial charge in [0, 0.05) is 18.0 Å². The Morgan fingerprint density at radius 3 is 2.56 bits per heavy atom. The van der Waals surface area contributed by atoms with Crippen LogP contribution in [-0.2, 0) is 6.42 Å². The molecular formula is C13H12N2O. The molecule has 1 aromatic heterocycles. The highest BCUT2D eigenvalue weighted by atomic mass is 16.1. The minimum Gasteiger partial charge on any atom is -0.366 e. The summed E-state index contributed by atoms with van der Waals surface area (Å²) < 4.78 is 0. The summed E-state index contributed by atoms with van der Waals surface area (Å²) in [4.78, 5) is 15.0. The molecule has 0 saturated carbocycles. The number of hydrogen-bond acceptors (Lipinski definition) is 2. The fraction of sp³-hybridized carbons (Fsp3) is 0.0769. The number of amides is 1. The Hall–Kier alpha value is -2.16. The van der Waals surface area contributed by atoms with E-state index in [1.807, 2.05) is 30.3 Å². The van der Waals surface area contributed by atoms with Gasteiger partial charge in [-0.25, -0.2) is 0 Å². The molecule has 3 heteroatoms. The minimum absolute atomic E-state index is 0.392. The van der Waals surface area contributed by atoms with E-state index in [1.165, 1.54) is 0 Å². The van der Waals surface area contributed by atoms with E-state index in [-0.39, 0.29) is 0 Å². The second-order valence-corrected chi connectivity index (χ2v) is 3.60. The van der Waals surface area contributed by atoms with E-state index in [9.17, 15) is 4.79 Å². The first-order chi connectivity index (χ1) is 7.75. The highest BCUT2D eigenvalue weighted by Crippen LogP contribution is 2.10. The van der Waals surface area contributed by atoms with Gasteiger partial charge in [-0.3, -0.25) is 9.78 Å². The molecule has 0 saturated heterocycles. The van der Waals surface area contributed by atoms with E-state index in [4.69, 9.17) is 5.73 Å². The molecule has 16 heavy (non-hydrogen) atoms. The van der Waals surface area contributed by atoms with Crippen LogP contribution in [0.4, 0.5) is 0 Å². The molecule has 2 aromatic rings. The third-order valence-corrected chi connectivity index (χ3v) is 2.37. The fourth-order valence-electron chi connectivity index (χ4n) is 1.57. The standard InChI is InChI=1S/C13H12N2O/c14-13(16)12-3-1-2-11(9-12)8-10-4-6-15-7-5-10/h1-7,9H,8H2,(H2,14,16). The lowest BCUT2D eigenvalue weighted by atomic mass is 10.0. The molecular weight excluding hydrogens is 200 g/mol. The van der Waals surface area contributed by atoms with Crippen molar-refractivity contribution in [3.05, 3.63) is 65.5 Å². The number of carbonyl (C=O) groups is 1. The van der Waals surface area contributed by atoms with Gasteiger partial charge in [-0.15, -0.1) is 0 Å². The molecule has 0 aliphatic rings. The Balaban J connectivity index is 2.22. The van der Waals surface area contributed by atoms with Crippen molar-refractivity contribution in [2.24, 2.45) is 5.73 Å². The molecule has 0 aliphatic heterocycles. The largest absolute Gasteiger partial charge is 0.366 e. The highest BCUT2D eigenvalue weighted by molar-refractivity contribution is 5.92. The van der Waals surface area contributed by atoms with Gasteiger partial charge in [0.15, 0.2) is 0 Å². The van der Waals surface area contributed by atoms with Crippen molar-refractivity contribution in [2.45, 2.75) is 6.42 Å². The van der Waals surface area contributed by atoms with Crippen LogP contribution in [0.5, 0.6) is 0 Å². The molecule has 0 atom stereocenters. The van der Waals surface area contributed by atoms with Gasteiger partial charge in [0.2, 0.25) is 5.91 Å². The van der Waals surface area contributed by atoms with Crippen molar-refractivity contribution in [1.29, 1.82) is 0 Å². The summed E-state index contributed by atoms with van der Waals surface area (Å²) >= 11 is 0. The van der Waals surface area contributed by atoms with Gasteiger partial charge in [-0.05, 0) is 41.8 Å². The van der Waals surface area contributed by atoms with Crippen LogP contribution in [0.2, 0.25) is 0 Å². The van der Waals surface area contributed by atoms with Crippen LogP contribution in [0.25, 0.3) is 0 Å². The topological polar surface area (TPSA) is 56.0 Å². The Morgan fingerprint density at radius 2 is 1.88 bits per heavy atom. The van der Waals surface area contributed by atoms with Crippen LogP contribution in [0.1, 0.15) is 21.5 Å². The van der Waals surface area contributed by atoms with Crippen LogP contribution in [0, 0.1) is 0 Å². The van der Waals surface area contributed by atoms with Crippen molar-refractivity contribution in [3.63, 3.8) is 0 Å². The summed E-state index contributed by atoms with van der Waals surface area (Å²) in [5.74, 6) is -0.392. The zero-order valence-electron chi connectivity index (χ0n) is 8.76. The van der Waals surface area contributed by atoms with Crippen LogP contribution < -0.4 is 5.73 Å². The number of benzene rings is 1. The quantitative estimate of drug-likeness (QED) is 0.843. The highest BCUT2D eigenvalue weighted by Gasteiger charge is 2.01. The lowest BCUT2D eigenvalue weighted by molar-refractivity contribution is 0.1000. The predicted octanol–water partition coefficient (Wildman–Crippen LogP) is 1.77. The Bertz CT molecular complexity index is 494. The smallest absolute Gasteiger partial charge is 0.248 e.